The van der Waals surface area contributed by atoms with Crippen LogP contribution in [0.1, 0.15) is 42.9 Å². The molecule has 0 aliphatic carbocycles. The number of carbonyl (C=O) groups excluding carboxylic acids is 2. The van der Waals surface area contributed by atoms with Crippen molar-refractivity contribution in [1.29, 1.82) is 0 Å². The number of amides is 2. The van der Waals surface area contributed by atoms with Crippen LogP contribution in [0.25, 0.3) is 0 Å². The Bertz CT molecular complexity index is 979. The number of hydrogen-bond acceptors (Lipinski definition) is 3. The van der Waals surface area contributed by atoms with E-state index in [1.807, 2.05) is 26.8 Å². The number of halogens is 1. The maximum Gasteiger partial charge on any atom is 0.294 e. The quantitative estimate of drug-likeness (QED) is 0.681. The molecule has 1 unspecified atom stereocenters. The van der Waals surface area contributed by atoms with Gasteiger partial charge in [0.1, 0.15) is 11.9 Å². The fourth-order valence-electron chi connectivity index (χ4n) is 3.02. The number of para-hydroxylation sites is 1. The van der Waals surface area contributed by atoms with Gasteiger partial charge in [-0.3, -0.25) is 14.5 Å². The SMILES string of the molecule is CC(C)(C)NC(=O)C(c1cccc(F)c1)N(C(=O)c1ccco1)c1ccccc1. The van der Waals surface area contributed by atoms with E-state index in [2.05, 4.69) is 5.32 Å². The molecule has 1 N–H and O–H groups in total. The number of furan rings is 1. The summed E-state index contributed by atoms with van der Waals surface area (Å²) in [6, 6.07) is 16.5. The van der Waals surface area contributed by atoms with E-state index in [1.165, 1.54) is 35.4 Å². The van der Waals surface area contributed by atoms with Crippen molar-refractivity contribution in [3.63, 3.8) is 0 Å². The van der Waals surface area contributed by atoms with E-state index in [1.54, 1.807) is 36.4 Å². The molecular formula is C23H23FN2O3. The molecule has 3 aromatic rings. The standard InChI is InChI=1S/C23H23FN2O3/c1-23(2,3)25-21(27)20(16-9-7-10-17(24)15-16)26(18-11-5-4-6-12-18)22(28)19-13-8-14-29-19/h4-15,20H,1-3H3,(H,25,27). The zero-order chi connectivity index (χ0) is 21.0. The number of carbonyl (C=O) groups is 2. The van der Waals surface area contributed by atoms with E-state index in [4.69, 9.17) is 4.42 Å². The van der Waals surface area contributed by atoms with Crippen molar-refractivity contribution < 1.29 is 18.4 Å². The highest BCUT2D eigenvalue weighted by Gasteiger charge is 2.36. The van der Waals surface area contributed by atoms with Crippen LogP contribution in [-0.4, -0.2) is 17.4 Å². The summed E-state index contributed by atoms with van der Waals surface area (Å²) in [7, 11) is 0. The first-order chi connectivity index (χ1) is 13.8. The predicted octanol–water partition coefficient (Wildman–Crippen LogP) is 4.72. The van der Waals surface area contributed by atoms with Gasteiger partial charge in [0.15, 0.2) is 5.76 Å². The molecule has 150 valence electrons. The molecule has 2 aromatic carbocycles. The molecule has 1 atom stereocenters. The van der Waals surface area contributed by atoms with Gasteiger partial charge < -0.3 is 9.73 Å². The summed E-state index contributed by atoms with van der Waals surface area (Å²) in [5.74, 6) is -1.33. The molecule has 2 amide bonds. The maximum atomic E-state index is 14.0. The number of nitrogens with one attached hydrogen (secondary N) is 1. The summed E-state index contributed by atoms with van der Waals surface area (Å²) in [5.41, 5.74) is 0.307. The molecule has 0 saturated carbocycles. The monoisotopic (exact) mass is 394 g/mol. The Morgan fingerprint density at radius 3 is 2.31 bits per heavy atom. The summed E-state index contributed by atoms with van der Waals surface area (Å²) < 4.78 is 19.3. The lowest BCUT2D eigenvalue weighted by molar-refractivity contribution is -0.123. The average Bonchev–Trinajstić information content (AvgIpc) is 3.19. The fourth-order valence-corrected chi connectivity index (χ4v) is 3.02. The minimum atomic E-state index is -1.09. The average molecular weight is 394 g/mol. The second-order valence-corrected chi connectivity index (χ2v) is 7.68. The summed E-state index contributed by atoms with van der Waals surface area (Å²) in [4.78, 5) is 28.0. The van der Waals surface area contributed by atoms with Crippen LogP contribution >= 0.6 is 0 Å². The van der Waals surface area contributed by atoms with Crippen molar-refractivity contribution in [2.45, 2.75) is 32.4 Å². The van der Waals surface area contributed by atoms with Crippen molar-refractivity contribution in [3.05, 3.63) is 90.1 Å². The second-order valence-electron chi connectivity index (χ2n) is 7.68. The van der Waals surface area contributed by atoms with Gasteiger partial charge in [0.05, 0.1) is 6.26 Å². The normalized spacial score (nSPS) is 12.3. The molecule has 0 spiro atoms. The van der Waals surface area contributed by atoms with E-state index in [0.29, 0.717) is 11.3 Å². The van der Waals surface area contributed by atoms with Crippen molar-refractivity contribution in [3.8, 4) is 0 Å². The highest BCUT2D eigenvalue weighted by atomic mass is 19.1. The molecule has 0 fully saturated rings. The van der Waals surface area contributed by atoms with Gasteiger partial charge in [-0.2, -0.15) is 0 Å². The molecule has 6 heteroatoms. The minimum absolute atomic E-state index is 0.0822. The molecular weight excluding hydrogens is 371 g/mol. The summed E-state index contributed by atoms with van der Waals surface area (Å²) in [6.07, 6.45) is 1.39. The van der Waals surface area contributed by atoms with Crippen molar-refractivity contribution in [2.75, 3.05) is 4.90 Å². The van der Waals surface area contributed by atoms with Gasteiger partial charge in [0.2, 0.25) is 5.91 Å². The lowest BCUT2D eigenvalue weighted by Gasteiger charge is -2.33. The maximum absolute atomic E-state index is 14.0. The van der Waals surface area contributed by atoms with Gasteiger partial charge in [-0.05, 0) is 62.7 Å². The highest BCUT2D eigenvalue weighted by molar-refractivity contribution is 6.08. The van der Waals surface area contributed by atoms with Crippen molar-refractivity contribution in [2.24, 2.45) is 0 Å². The number of nitrogens with zero attached hydrogens (tertiary/aromatic N) is 1. The Balaban J connectivity index is 2.16. The number of rotatable bonds is 5. The van der Waals surface area contributed by atoms with Crippen molar-refractivity contribution >= 4 is 17.5 Å². The Morgan fingerprint density at radius 1 is 1.00 bits per heavy atom. The zero-order valence-corrected chi connectivity index (χ0v) is 16.6. The third-order valence-corrected chi connectivity index (χ3v) is 4.15. The van der Waals surface area contributed by atoms with Crippen LogP contribution in [0.3, 0.4) is 0 Å². The molecule has 0 radical (unpaired) electrons. The summed E-state index contributed by atoms with van der Waals surface area (Å²) in [5, 5.41) is 2.90. The first-order valence-electron chi connectivity index (χ1n) is 9.26. The summed E-state index contributed by atoms with van der Waals surface area (Å²) in [6.45, 7) is 5.53. The molecule has 1 aromatic heterocycles. The molecule has 29 heavy (non-hydrogen) atoms. The fraction of sp³-hybridized carbons (Fsp3) is 0.217. The van der Waals surface area contributed by atoms with Crippen LogP contribution in [-0.2, 0) is 4.79 Å². The van der Waals surface area contributed by atoms with Crippen LogP contribution < -0.4 is 10.2 Å². The molecule has 0 bridgehead atoms. The predicted molar refractivity (Wildman–Crippen MR) is 109 cm³/mol. The van der Waals surface area contributed by atoms with Crippen LogP contribution in [0.2, 0.25) is 0 Å². The smallest absolute Gasteiger partial charge is 0.294 e. The van der Waals surface area contributed by atoms with E-state index in [9.17, 15) is 14.0 Å². The molecule has 1 heterocycles. The number of benzene rings is 2. The van der Waals surface area contributed by atoms with Crippen LogP contribution in [0, 0.1) is 5.82 Å². The number of hydrogen-bond donors (Lipinski definition) is 1. The summed E-state index contributed by atoms with van der Waals surface area (Å²) >= 11 is 0. The van der Waals surface area contributed by atoms with Gasteiger partial charge in [-0.15, -0.1) is 0 Å². The lowest BCUT2D eigenvalue weighted by atomic mass is 10.0. The van der Waals surface area contributed by atoms with Crippen LogP contribution in [0.5, 0.6) is 0 Å². The van der Waals surface area contributed by atoms with Gasteiger partial charge in [-0.25, -0.2) is 4.39 Å². The first-order valence-corrected chi connectivity index (χ1v) is 9.26. The molecule has 3 rings (SSSR count). The van der Waals surface area contributed by atoms with Crippen molar-refractivity contribution in [1.82, 2.24) is 5.32 Å². The highest BCUT2D eigenvalue weighted by Crippen LogP contribution is 2.30. The third-order valence-electron chi connectivity index (χ3n) is 4.15. The van der Waals surface area contributed by atoms with E-state index in [0.717, 1.165) is 0 Å². The molecule has 0 aliphatic rings. The second kappa shape index (κ2) is 8.31. The van der Waals surface area contributed by atoms with Crippen LogP contribution in [0.4, 0.5) is 10.1 Å². The Morgan fingerprint density at radius 2 is 1.72 bits per heavy atom. The largest absolute Gasteiger partial charge is 0.459 e. The third kappa shape index (κ3) is 4.90. The Kier molecular flexibility index (Phi) is 5.82. The van der Waals surface area contributed by atoms with Gasteiger partial charge in [-0.1, -0.05) is 30.3 Å². The molecule has 0 aliphatic heterocycles. The minimum Gasteiger partial charge on any atom is -0.459 e. The molecule has 0 saturated heterocycles. The van der Waals surface area contributed by atoms with E-state index >= 15 is 0 Å². The topological polar surface area (TPSA) is 62.6 Å². The van der Waals surface area contributed by atoms with Gasteiger partial charge >= 0.3 is 0 Å². The van der Waals surface area contributed by atoms with Gasteiger partial charge in [0, 0.05) is 11.2 Å². The molecule has 5 nitrogen and oxygen atoms in total. The van der Waals surface area contributed by atoms with E-state index in [-0.39, 0.29) is 5.76 Å². The first kappa shape index (κ1) is 20.3. The lowest BCUT2D eigenvalue weighted by Crippen LogP contribution is -2.49. The van der Waals surface area contributed by atoms with E-state index < -0.39 is 29.2 Å². The van der Waals surface area contributed by atoms with Gasteiger partial charge in [0.25, 0.3) is 5.91 Å². The number of anilines is 1. The zero-order valence-electron chi connectivity index (χ0n) is 16.6. The van der Waals surface area contributed by atoms with Crippen LogP contribution in [0.15, 0.2) is 77.4 Å². The Labute approximate surface area is 169 Å². The Hall–Kier alpha value is -3.41.